The lowest BCUT2D eigenvalue weighted by atomic mass is 9.93. The summed E-state index contributed by atoms with van der Waals surface area (Å²) in [6, 6.07) is -0.166. The summed E-state index contributed by atoms with van der Waals surface area (Å²) in [7, 11) is 1.51. The maximum Gasteiger partial charge on any atom is 0.248 e. The van der Waals surface area contributed by atoms with Gasteiger partial charge in [-0.1, -0.05) is 0 Å². The Balaban J connectivity index is 1.59. The normalized spacial score (nSPS) is 28.2. The molecule has 7 heteroatoms. The quantitative estimate of drug-likeness (QED) is 0.732. The monoisotopic (exact) mass is 337 g/mol. The van der Waals surface area contributed by atoms with E-state index >= 15 is 0 Å². The van der Waals surface area contributed by atoms with Crippen molar-refractivity contribution in [3.8, 4) is 0 Å². The molecule has 3 saturated heterocycles. The van der Waals surface area contributed by atoms with Crippen molar-refractivity contribution in [1.82, 2.24) is 14.7 Å². The zero-order valence-corrected chi connectivity index (χ0v) is 14.6. The lowest BCUT2D eigenvalue weighted by Crippen LogP contribution is -2.61. The molecule has 0 radical (unpaired) electrons. The molecule has 3 amide bonds. The van der Waals surface area contributed by atoms with Crippen LogP contribution in [-0.4, -0.2) is 84.4 Å². The maximum absolute atomic E-state index is 12.9. The van der Waals surface area contributed by atoms with Crippen LogP contribution in [-0.2, 0) is 19.1 Å². The van der Waals surface area contributed by atoms with E-state index in [0.717, 1.165) is 19.4 Å². The number of rotatable bonds is 3. The van der Waals surface area contributed by atoms with Crippen LogP contribution in [0, 0.1) is 5.92 Å². The molecule has 2 atom stereocenters. The first-order valence-electron chi connectivity index (χ1n) is 8.90. The Morgan fingerprint density at radius 1 is 1.17 bits per heavy atom. The van der Waals surface area contributed by atoms with Crippen LogP contribution in [0.15, 0.2) is 0 Å². The van der Waals surface area contributed by atoms with Crippen molar-refractivity contribution in [2.75, 3.05) is 39.9 Å². The zero-order valence-electron chi connectivity index (χ0n) is 14.6. The van der Waals surface area contributed by atoms with Gasteiger partial charge in [0.2, 0.25) is 17.7 Å². The molecule has 0 unspecified atom stereocenters. The van der Waals surface area contributed by atoms with Gasteiger partial charge in [-0.25, -0.2) is 0 Å². The molecule has 0 bridgehead atoms. The first-order chi connectivity index (χ1) is 11.5. The summed E-state index contributed by atoms with van der Waals surface area (Å²) in [5.41, 5.74) is 0. The molecule has 0 saturated carbocycles. The van der Waals surface area contributed by atoms with Crippen molar-refractivity contribution in [2.24, 2.45) is 5.92 Å². The predicted molar refractivity (Wildman–Crippen MR) is 87.1 cm³/mol. The third kappa shape index (κ3) is 3.14. The van der Waals surface area contributed by atoms with E-state index in [9.17, 15) is 14.4 Å². The largest absolute Gasteiger partial charge is 0.375 e. The van der Waals surface area contributed by atoms with E-state index in [2.05, 4.69) is 0 Å². The maximum atomic E-state index is 12.9. The first kappa shape index (κ1) is 17.2. The molecule has 0 aromatic rings. The molecule has 0 aromatic carbocycles. The van der Waals surface area contributed by atoms with Gasteiger partial charge < -0.3 is 19.4 Å². The van der Waals surface area contributed by atoms with Crippen molar-refractivity contribution in [3.05, 3.63) is 0 Å². The minimum Gasteiger partial charge on any atom is -0.375 e. The smallest absolute Gasteiger partial charge is 0.248 e. The van der Waals surface area contributed by atoms with Gasteiger partial charge in [0.1, 0.15) is 12.6 Å². The highest BCUT2D eigenvalue weighted by atomic mass is 16.5. The van der Waals surface area contributed by atoms with Gasteiger partial charge in [-0.3, -0.25) is 14.4 Å². The Labute approximate surface area is 142 Å². The van der Waals surface area contributed by atoms with Gasteiger partial charge in [0.25, 0.3) is 0 Å². The van der Waals surface area contributed by atoms with Crippen molar-refractivity contribution < 1.29 is 19.1 Å². The Bertz CT molecular complexity index is 516. The minimum atomic E-state index is -0.361. The van der Waals surface area contributed by atoms with Crippen LogP contribution in [0.5, 0.6) is 0 Å². The fourth-order valence-electron chi connectivity index (χ4n) is 4.18. The lowest BCUT2D eigenvalue weighted by Gasteiger charge is -2.43. The number of piperidine rings is 1. The third-order valence-corrected chi connectivity index (χ3v) is 5.64. The molecule has 0 N–H and O–H groups in total. The van der Waals surface area contributed by atoms with Gasteiger partial charge in [0.15, 0.2) is 0 Å². The number of fused-ring (bicyclic) bond motifs is 1. The van der Waals surface area contributed by atoms with Gasteiger partial charge in [-0.15, -0.1) is 0 Å². The van der Waals surface area contributed by atoms with Crippen LogP contribution in [0.3, 0.4) is 0 Å². The van der Waals surface area contributed by atoms with E-state index in [1.54, 1.807) is 9.80 Å². The summed E-state index contributed by atoms with van der Waals surface area (Å²) in [5, 5.41) is 0. The van der Waals surface area contributed by atoms with Crippen LogP contribution < -0.4 is 0 Å². The molecule has 134 valence electrons. The Kier molecular flexibility index (Phi) is 5.08. The fraction of sp³-hybridized carbons (Fsp3) is 0.824. The standard InChI is InChI=1S/C17H27N3O4/c1-12-16(22)19-7-3-4-14(19)10-20(12)17(23)13-5-8-18(9-6-13)15(21)11-24-2/h12-14H,3-11H2,1-2H3/t12-,14+/m1/s1. The minimum absolute atomic E-state index is 0.0217. The second-order valence-corrected chi connectivity index (χ2v) is 7.08. The first-order valence-corrected chi connectivity index (χ1v) is 8.90. The van der Waals surface area contributed by atoms with E-state index in [1.165, 1.54) is 7.11 Å². The second-order valence-electron chi connectivity index (χ2n) is 7.08. The van der Waals surface area contributed by atoms with Crippen LogP contribution in [0.2, 0.25) is 0 Å². The average Bonchev–Trinajstić information content (AvgIpc) is 3.06. The number of ether oxygens (including phenoxy) is 1. The number of amides is 3. The van der Waals surface area contributed by atoms with Crippen molar-refractivity contribution in [1.29, 1.82) is 0 Å². The number of carbonyl (C=O) groups excluding carboxylic acids is 3. The number of likely N-dealkylation sites (tertiary alicyclic amines) is 1. The summed E-state index contributed by atoms with van der Waals surface area (Å²) < 4.78 is 4.88. The molecule has 3 aliphatic rings. The van der Waals surface area contributed by atoms with Crippen molar-refractivity contribution in [3.63, 3.8) is 0 Å². The molecule has 3 heterocycles. The van der Waals surface area contributed by atoms with Gasteiger partial charge in [0.05, 0.1) is 0 Å². The topological polar surface area (TPSA) is 70.2 Å². The highest BCUT2D eigenvalue weighted by Gasteiger charge is 2.43. The number of nitrogens with zero attached hydrogens (tertiary/aromatic N) is 3. The summed E-state index contributed by atoms with van der Waals surface area (Å²) >= 11 is 0. The predicted octanol–water partition coefficient (Wildman–Crippen LogP) is 0.0931. The molecule has 3 rings (SSSR count). The Morgan fingerprint density at radius 2 is 1.88 bits per heavy atom. The van der Waals surface area contributed by atoms with Gasteiger partial charge in [-0.05, 0) is 32.6 Å². The zero-order chi connectivity index (χ0) is 17.3. The average molecular weight is 337 g/mol. The molecule has 7 nitrogen and oxygen atoms in total. The van der Waals surface area contributed by atoms with Crippen molar-refractivity contribution in [2.45, 2.75) is 44.7 Å². The Hall–Kier alpha value is -1.63. The number of piperazine rings is 1. The highest BCUT2D eigenvalue weighted by Crippen LogP contribution is 2.28. The summed E-state index contributed by atoms with van der Waals surface area (Å²) in [4.78, 5) is 42.8. The van der Waals surface area contributed by atoms with E-state index in [-0.39, 0.29) is 42.3 Å². The van der Waals surface area contributed by atoms with Crippen molar-refractivity contribution >= 4 is 17.7 Å². The highest BCUT2D eigenvalue weighted by molar-refractivity contribution is 5.90. The second kappa shape index (κ2) is 7.09. The fourth-order valence-corrected chi connectivity index (χ4v) is 4.18. The summed E-state index contributed by atoms with van der Waals surface area (Å²) in [5.74, 6) is 0.0670. The van der Waals surface area contributed by atoms with Gasteiger partial charge in [-0.2, -0.15) is 0 Å². The molecule has 0 aliphatic carbocycles. The molecular weight excluding hydrogens is 310 g/mol. The number of hydrogen-bond acceptors (Lipinski definition) is 4. The van der Waals surface area contributed by atoms with Crippen LogP contribution in [0.1, 0.15) is 32.6 Å². The molecule has 0 spiro atoms. The van der Waals surface area contributed by atoms with E-state index in [1.807, 2.05) is 11.8 Å². The molecule has 3 aliphatic heterocycles. The lowest BCUT2D eigenvalue weighted by molar-refractivity contribution is -0.156. The molecule has 3 fully saturated rings. The summed E-state index contributed by atoms with van der Waals surface area (Å²) in [6.07, 6.45) is 3.36. The van der Waals surface area contributed by atoms with E-state index < -0.39 is 0 Å². The van der Waals surface area contributed by atoms with Gasteiger partial charge in [0, 0.05) is 45.2 Å². The molecule has 0 aromatic heterocycles. The van der Waals surface area contributed by atoms with Crippen LogP contribution in [0.25, 0.3) is 0 Å². The van der Waals surface area contributed by atoms with Crippen LogP contribution in [0.4, 0.5) is 0 Å². The number of hydrogen-bond donors (Lipinski definition) is 0. The van der Waals surface area contributed by atoms with Crippen LogP contribution >= 0.6 is 0 Å². The summed E-state index contributed by atoms with van der Waals surface area (Å²) in [6.45, 7) is 4.60. The number of carbonyl (C=O) groups is 3. The third-order valence-electron chi connectivity index (χ3n) is 5.64. The van der Waals surface area contributed by atoms with Gasteiger partial charge >= 0.3 is 0 Å². The number of methoxy groups -OCH3 is 1. The molecule has 24 heavy (non-hydrogen) atoms. The SMILES string of the molecule is COCC(=O)N1CCC(C(=O)N2C[C@@H]3CCCN3C(=O)[C@H]2C)CC1. The Morgan fingerprint density at radius 3 is 2.54 bits per heavy atom. The molecular formula is C17H27N3O4. The van der Waals surface area contributed by atoms with E-state index in [0.29, 0.717) is 32.5 Å². The van der Waals surface area contributed by atoms with E-state index in [4.69, 9.17) is 4.74 Å².